The molecule has 0 rings (SSSR count). The van der Waals surface area contributed by atoms with Crippen molar-refractivity contribution in [3.63, 3.8) is 0 Å². The van der Waals surface area contributed by atoms with Crippen LogP contribution in [0.2, 0.25) is 0 Å². The van der Waals surface area contributed by atoms with E-state index in [2.05, 4.69) is 13.8 Å². The van der Waals surface area contributed by atoms with Crippen molar-refractivity contribution in [2.24, 2.45) is 5.92 Å². The lowest BCUT2D eigenvalue weighted by atomic mass is 10.1. The second-order valence-electron chi connectivity index (χ2n) is 2.39. The topological polar surface area (TPSA) is 26.3 Å². The summed E-state index contributed by atoms with van der Waals surface area (Å²) in [6.45, 7) is 5.25. The third kappa shape index (κ3) is 4.50. The molecule has 0 saturated heterocycles. The Balaban J connectivity index is 3.16. The normalized spacial score (nSPS) is 10.3. The quantitative estimate of drug-likeness (QED) is 0.418. The van der Waals surface area contributed by atoms with E-state index >= 15 is 0 Å². The van der Waals surface area contributed by atoms with Gasteiger partial charge in [0.25, 0.3) is 0 Å². The van der Waals surface area contributed by atoms with E-state index in [1.165, 1.54) is 0 Å². The Hall–Kier alpha value is -0.370. The van der Waals surface area contributed by atoms with E-state index in [0.29, 0.717) is 5.92 Å². The fourth-order valence-electron chi connectivity index (χ4n) is 0.807. The SMILES string of the molecule is CCC(CC)COCC=O. The molecular formula is C8H16O2. The molecule has 60 valence electrons. The van der Waals surface area contributed by atoms with Crippen molar-refractivity contribution >= 4 is 6.29 Å². The highest BCUT2D eigenvalue weighted by atomic mass is 16.5. The zero-order valence-electron chi connectivity index (χ0n) is 6.80. The van der Waals surface area contributed by atoms with Crippen LogP contribution < -0.4 is 0 Å². The number of carbonyl (C=O) groups is 1. The van der Waals surface area contributed by atoms with Gasteiger partial charge in [-0.25, -0.2) is 0 Å². The van der Waals surface area contributed by atoms with Gasteiger partial charge in [-0.05, 0) is 5.92 Å². The summed E-state index contributed by atoms with van der Waals surface area (Å²) in [5.74, 6) is 0.625. The average molecular weight is 144 g/mol. The van der Waals surface area contributed by atoms with E-state index in [1.807, 2.05) is 0 Å². The van der Waals surface area contributed by atoms with Gasteiger partial charge in [0.05, 0.1) is 0 Å². The number of hydrogen-bond acceptors (Lipinski definition) is 2. The van der Waals surface area contributed by atoms with Gasteiger partial charge in [0, 0.05) is 6.61 Å². The summed E-state index contributed by atoms with van der Waals surface area (Å²) in [6.07, 6.45) is 3.06. The van der Waals surface area contributed by atoms with E-state index < -0.39 is 0 Å². The number of rotatable bonds is 6. The smallest absolute Gasteiger partial charge is 0.145 e. The summed E-state index contributed by atoms with van der Waals surface area (Å²) in [5, 5.41) is 0. The highest BCUT2D eigenvalue weighted by Gasteiger charge is 2.01. The first-order valence-corrected chi connectivity index (χ1v) is 3.86. The van der Waals surface area contributed by atoms with Crippen LogP contribution in [0.15, 0.2) is 0 Å². The van der Waals surface area contributed by atoms with Crippen LogP contribution >= 0.6 is 0 Å². The third-order valence-corrected chi connectivity index (χ3v) is 1.69. The maximum atomic E-state index is 9.84. The first-order valence-electron chi connectivity index (χ1n) is 3.86. The molecular weight excluding hydrogens is 128 g/mol. The van der Waals surface area contributed by atoms with Gasteiger partial charge in [0.15, 0.2) is 0 Å². The summed E-state index contributed by atoms with van der Waals surface area (Å²) in [6, 6.07) is 0. The van der Waals surface area contributed by atoms with Crippen LogP contribution in [0.1, 0.15) is 26.7 Å². The van der Waals surface area contributed by atoms with Gasteiger partial charge in [0.1, 0.15) is 12.9 Å². The van der Waals surface area contributed by atoms with Crippen molar-refractivity contribution in [1.29, 1.82) is 0 Å². The minimum absolute atomic E-state index is 0.247. The van der Waals surface area contributed by atoms with E-state index in [4.69, 9.17) is 4.74 Å². The van der Waals surface area contributed by atoms with Crippen molar-refractivity contribution < 1.29 is 9.53 Å². The number of aldehydes is 1. The molecule has 0 aliphatic heterocycles. The third-order valence-electron chi connectivity index (χ3n) is 1.69. The largest absolute Gasteiger partial charge is 0.374 e. The molecule has 0 aliphatic carbocycles. The van der Waals surface area contributed by atoms with Crippen LogP contribution in [-0.2, 0) is 9.53 Å². The zero-order valence-corrected chi connectivity index (χ0v) is 6.80. The molecule has 0 aromatic carbocycles. The summed E-state index contributed by atoms with van der Waals surface area (Å²) in [7, 11) is 0. The lowest BCUT2D eigenvalue weighted by Crippen LogP contribution is -2.08. The highest BCUT2D eigenvalue weighted by molar-refractivity contribution is 5.50. The van der Waals surface area contributed by atoms with E-state index in [0.717, 1.165) is 25.7 Å². The maximum Gasteiger partial charge on any atom is 0.145 e. The minimum atomic E-state index is 0.247. The molecule has 0 aliphatic rings. The molecule has 0 saturated carbocycles. The van der Waals surface area contributed by atoms with Crippen LogP contribution in [0.25, 0.3) is 0 Å². The van der Waals surface area contributed by atoms with E-state index in [-0.39, 0.29) is 6.61 Å². The molecule has 0 aromatic heterocycles. The van der Waals surface area contributed by atoms with Gasteiger partial charge in [-0.2, -0.15) is 0 Å². The van der Waals surface area contributed by atoms with Crippen molar-refractivity contribution in [2.45, 2.75) is 26.7 Å². The Bertz CT molecular complexity index is 77.3. The Morgan fingerprint density at radius 1 is 1.40 bits per heavy atom. The molecule has 0 fully saturated rings. The molecule has 0 spiro atoms. The Morgan fingerprint density at radius 3 is 2.40 bits per heavy atom. The van der Waals surface area contributed by atoms with Crippen LogP contribution in [0.3, 0.4) is 0 Å². The van der Waals surface area contributed by atoms with Crippen LogP contribution in [0.4, 0.5) is 0 Å². The van der Waals surface area contributed by atoms with Crippen molar-refractivity contribution in [2.75, 3.05) is 13.2 Å². The zero-order chi connectivity index (χ0) is 7.82. The van der Waals surface area contributed by atoms with Crippen LogP contribution in [0.5, 0.6) is 0 Å². The number of hydrogen-bond donors (Lipinski definition) is 0. The van der Waals surface area contributed by atoms with Crippen LogP contribution in [0, 0.1) is 5.92 Å². The van der Waals surface area contributed by atoms with Gasteiger partial charge < -0.3 is 9.53 Å². The molecule has 10 heavy (non-hydrogen) atoms. The summed E-state index contributed by atoms with van der Waals surface area (Å²) >= 11 is 0. The molecule has 0 atom stereocenters. The van der Waals surface area contributed by atoms with Crippen LogP contribution in [-0.4, -0.2) is 19.5 Å². The molecule has 2 heteroatoms. The lowest BCUT2D eigenvalue weighted by Gasteiger charge is -2.10. The van der Waals surface area contributed by atoms with Gasteiger partial charge in [-0.1, -0.05) is 26.7 Å². The second-order valence-corrected chi connectivity index (χ2v) is 2.39. The van der Waals surface area contributed by atoms with E-state index in [1.54, 1.807) is 0 Å². The molecule has 0 N–H and O–H groups in total. The highest BCUT2D eigenvalue weighted by Crippen LogP contribution is 2.06. The molecule has 0 heterocycles. The Kier molecular flexibility index (Phi) is 6.50. The minimum Gasteiger partial charge on any atom is -0.374 e. The Labute approximate surface area is 62.6 Å². The first-order chi connectivity index (χ1) is 4.85. The molecule has 0 aromatic rings. The van der Waals surface area contributed by atoms with Crippen molar-refractivity contribution in [3.8, 4) is 0 Å². The maximum absolute atomic E-state index is 9.84. The fourth-order valence-corrected chi connectivity index (χ4v) is 0.807. The monoisotopic (exact) mass is 144 g/mol. The Morgan fingerprint density at radius 2 is 2.00 bits per heavy atom. The average Bonchev–Trinajstić information content (AvgIpc) is 1.99. The molecule has 0 bridgehead atoms. The van der Waals surface area contributed by atoms with Gasteiger partial charge >= 0.3 is 0 Å². The predicted octanol–water partition coefficient (Wildman–Crippen LogP) is 1.64. The van der Waals surface area contributed by atoms with Gasteiger partial charge in [-0.3, -0.25) is 0 Å². The summed E-state index contributed by atoms with van der Waals surface area (Å²) in [5.41, 5.74) is 0. The summed E-state index contributed by atoms with van der Waals surface area (Å²) < 4.78 is 5.06. The summed E-state index contributed by atoms with van der Waals surface area (Å²) in [4.78, 5) is 9.84. The van der Waals surface area contributed by atoms with Gasteiger partial charge in [-0.15, -0.1) is 0 Å². The standard InChI is InChI=1S/C8H16O2/c1-3-8(4-2)7-10-6-5-9/h5,8H,3-4,6-7H2,1-2H3. The van der Waals surface area contributed by atoms with Crippen molar-refractivity contribution in [1.82, 2.24) is 0 Å². The molecule has 0 unspecified atom stereocenters. The number of ether oxygens (including phenoxy) is 1. The second kappa shape index (κ2) is 6.75. The molecule has 2 nitrogen and oxygen atoms in total. The molecule has 0 radical (unpaired) electrons. The number of carbonyl (C=O) groups excluding carboxylic acids is 1. The molecule has 0 amide bonds. The lowest BCUT2D eigenvalue weighted by molar-refractivity contribution is -0.112. The first kappa shape index (κ1) is 9.63. The van der Waals surface area contributed by atoms with Gasteiger partial charge in [0.2, 0.25) is 0 Å². The predicted molar refractivity (Wildman–Crippen MR) is 41.0 cm³/mol. The van der Waals surface area contributed by atoms with Crippen molar-refractivity contribution in [3.05, 3.63) is 0 Å². The van der Waals surface area contributed by atoms with E-state index in [9.17, 15) is 4.79 Å². The fraction of sp³-hybridized carbons (Fsp3) is 0.875.